The van der Waals surface area contributed by atoms with Crippen molar-refractivity contribution in [2.24, 2.45) is 11.8 Å². The fourth-order valence-corrected chi connectivity index (χ4v) is 2.81. The highest BCUT2D eigenvalue weighted by Crippen LogP contribution is 2.36. The first kappa shape index (κ1) is 13.3. The van der Waals surface area contributed by atoms with E-state index in [1.165, 1.54) is 5.57 Å². The molecule has 1 saturated heterocycles. The van der Waals surface area contributed by atoms with E-state index in [-0.39, 0.29) is 30.0 Å². The average Bonchev–Trinajstić information content (AvgIpc) is 2.59. The zero-order valence-corrected chi connectivity index (χ0v) is 11.2. The quantitative estimate of drug-likeness (QED) is 0.408. The summed E-state index contributed by atoms with van der Waals surface area (Å²) < 4.78 is 5.39. The van der Waals surface area contributed by atoms with Crippen LogP contribution in [0.1, 0.15) is 39.5 Å². The van der Waals surface area contributed by atoms with E-state index in [0.717, 1.165) is 19.3 Å². The Bertz CT molecular complexity index is 383. The summed E-state index contributed by atoms with van der Waals surface area (Å²) in [6, 6.07) is 0. The number of ether oxygens (including phenoxy) is 1. The van der Waals surface area contributed by atoms with Gasteiger partial charge in [0.2, 0.25) is 0 Å². The third kappa shape index (κ3) is 2.66. The predicted molar refractivity (Wildman–Crippen MR) is 69.9 cm³/mol. The van der Waals surface area contributed by atoms with Gasteiger partial charge < -0.3 is 9.84 Å². The first-order valence-corrected chi connectivity index (χ1v) is 6.72. The van der Waals surface area contributed by atoms with Crippen LogP contribution in [-0.2, 0) is 9.53 Å². The number of hydrogen-bond acceptors (Lipinski definition) is 3. The van der Waals surface area contributed by atoms with Crippen molar-refractivity contribution in [1.29, 1.82) is 0 Å². The third-order valence-corrected chi connectivity index (χ3v) is 4.24. The van der Waals surface area contributed by atoms with Crippen molar-refractivity contribution < 1.29 is 14.6 Å². The fraction of sp³-hybridized carbons (Fsp3) is 0.667. The van der Waals surface area contributed by atoms with E-state index in [2.05, 4.69) is 19.6 Å². The Morgan fingerprint density at radius 3 is 2.94 bits per heavy atom. The minimum absolute atomic E-state index is 0.0967. The second kappa shape index (κ2) is 5.27. The van der Waals surface area contributed by atoms with Crippen molar-refractivity contribution in [2.45, 2.75) is 51.7 Å². The van der Waals surface area contributed by atoms with E-state index in [1.807, 2.05) is 6.92 Å². The van der Waals surface area contributed by atoms with Crippen LogP contribution >= 0.6 is 0 Å². The predicted octanol–water partition coefficient (Wildman–Crippen LogP) is 2.60. The highest BCUT2D eigenvalue weighted by molar-refractivity contribution is 5.90. The van der Waals surface area contributed by atoms with Gasteiger partial charge >= 0.3 is 5.97 Å². The number of carbonyl (C=O) groups is 1. The molecule has 0 radical (unpaired) electrons. The average molecular weight is 250 g/mol. The summed E-state index contributed by atoms with van der Waals surface area (Å²) in [4.78, 5) is 11.6. The lowest BCUT2D eigenvalue weighted by Crippen LogP contribution is -2.27. The normalized spacial score (nSPS) is 37.8. The van der Waals surface area contributed by atoms with Gasteiger partial charge in [-0.15, -0.1) is 0 Å². The zero-order valence-electron chi connectivity index (χ0n) is 11.2. The molecule has 1 fully saturated rings. The maximum absolute atomic E-state index is 11.6. The Balaban J connectivity index is 2.19. The largest absolute Gasteiger partial charge is 0.458 e. The summed E-state index contributed by atoms with van der Waals surface area (Å²) in [5.41, 5.74) is 1.88. The van der Waals surface area contributed by atoms with Crippen LogP contribution in [0.2, 0.25) is 0 Å². The van der Waals surface area contributed by atoms with Crippen molar-refractivity contribution in [3.05, 3.63) is 23.8 Å². The van der Waals surface area contributed by atoms with Gasteiger partial charge in [0.1, 0.15) is 6.10 Å². The van der Waals surface area contributed by atoms with Crippen molar-refractivity contribution in [3.8, 4) is 0 Å². The van der Waals surface area contributed by atoms with Gasteiger partial charge in [-0.25, -0.2) is 4.79 Å². The molecular formula is C15H22O3. The Morgan fingerprint density at radius 1 is 1.50 bits per heavy atom. The number of aliphatic hydroxyl groups is 1. The lowest BCUT2D eigenvalue weighted by Gasteiger charge is -2.25. The number of allylic oxidation sites excluding steroid dienone is 1. The summed E-state index contributed by atoms with van der Waals surface area (Å²) in [6.45, 7) is 7.95. The van der Waals surface area contributed by atoms with Gasteiger partial charge in [0.05, 0.1) is 6.10 Å². The van der Waals surface area contributed by atoms with Gasteiger partial charge in [0, 0.05) is 11.5 Å². The molecule has 1 N–H and O–H groups in total. The summed E-state index contributed by atoms with van der Waals surface area (Å²) >= 11 is 0. The van der Waals surface area contributed by atoms with Crippen LogP contribution in [0.25, 0.3) is 0 Å². The molecular weight excluding hydrogens is 228 g/mol. The summed E-state index contributed by atoms with van der Waals surface area (Å²) in [5, 5.41) is 10.1. The second-order valence-corrected chi connectivity index (χ2v) is 5.68. The molecule has 2 aliphatic rings. The van der Waals surface area contributed by atoms with Crippen LogP contribution in [0.4, 0.5) is 0 Å². The van der Waals surface area contributed by atoms with Crippen molar-refractivity contribution in [3.63, 3.8) is 0 Å². The van der Waals surface area contributed by atoms with Crippen LogP contribution < -0.4 is 0 Å². The zero-order chi connectivity index (χ0) is 13.3. The standard InChI is InChI=1S/C15H22O3/c1-9-4-6-12-11(3)15(17)18-14(12)8-10(2)13(16)7-5-9/h5,10,12-14,16H,3-4,6-8H2,1-2H3. The van der Waals surface area contributed by atoms with E-state index in [9.17, 15) is 9.90 Å². The summed E-state index contributed by atoms with van der Waals surface area (Å²) in [6.07, 6.45) is 4.94. The topological polar surface area (TPSA) is 46.5 Å². The molecule has 2 rings (SSSR count). The molecule has 4 unspecified atom stereocenters. The summed E-state index contributed by atoms with van der Waals surface area (Å²) in [5.74, 6) is -0.000445. The Hall–Kier alpha value is -1.09. The molecule has 0 amide bonds. The maximum Gasteiger partial charge on any atom is 0.334 e. The van der Waals surface area contributed by atoms with Gasteiger partial charge in [0.25, 0.3) is 0 Å². The van der Waals surface area contributed by atoms with E-state index < -0.39 is 0 Å². The molecule has 0 aromatic rings. The number of rotatable bonds is 0. The fourth-order valence-electron chi connectivity index (χ4n) is 2.81. The highest BCUT2D eigenvalue weighted by Gasteiger charge is 2.39. The number of aliphatic hydroxyl groups excluding tert-OH is 1. The number of fused-ring (bicyclic) bond motifs is 1. The van der Waals surface area contributed by atoms with Crippen LogP contribution in [0.5, 0.6) is 0 Å². The first-order chi connectivity index (χ1) is 8.49. The maximum atomic E-state index is 11.6. The molecule has 0 bridgehead atoms. The molecule has 0 aromatic heterocycles. The number of hydrogen-bond donors (Lipinski definition) is 1. The summed E-state index contributed by atoms with van der Waals surface area (Å²) in [7, 11) is 0. The minimum atomic E-state index is -0.355. The van der Waals surface area contributed by atoms with Gasteiger partial charge in [0.15, 0.2) is 0 Å². The smallest absolute Gasteiger partial charge is 0.334 e. The Morgan fingerprint density at radius 2 is 2.22 bits per heavy atom. The molecule has 3 heteroatoms. The van der Waals surface area contributed by atoms with Gasteiger partial charge in [-0.1, -0.05) is 25.2 Å². The highest BCUT2D eigenvalue weighted by atomic mass is 16.6. The molecule has 1 heterocycles. The van der Waals surface area contributed by atoms with Crippen LogP contribution in [-0.4, -0.2) is 23.3 Å². The first-order valence-electron chi connectivity index (χ1n) is 6.72. The number of carbonyl (C=O) groups excluding carboxylic acids is 1. The SMILES string of the molecule is C=C1C(=O)OC2CC(C)C(O)CC=C(C)CCC12. The Kier molecular flexibility index (Phi) is 3.91. The van der Waals surface area contributed by atoms with E-state index in [0.29, 0.717) is 12.0 Å². The second-order valence-electron chi connectivity index (χ2n) is 5.68. The van der Waals surface area contributed by atoms with Crippen LogP contribution in [0.15, 0.2) is 23.8 Å². The van der Waals surface area contributed by atoms with Crippen molar-refractivity contribution in [1.82, 2.24) is 0 Å². The van der Waals surface area contributed by atoms with E-state index >= 15 is 0 Å². The molecule has 4 atom stereocenters. The molecule has 0 aromatic carbocycles. The van der Waals surface area contributed by atoms with E-state index in [1.54, 1.807) is 0 Å². The molecule has 100 valence electrons. The van der Waals surface area contributed by atoms with Crippen molar-refractivity contribution >= 4 is 5.97 Å². The number of esters is 1. The lowest BCUT2D eigenvalue weighted by atomic mass is 9.83. The van der Waals surface area contributed by atoms with Crippen LogP contribution in [0, 0.1) is 11.8 Å². The monoisotopic (exact) mass is 250 g/mol. The van der Waals surface area contributed by atoms with Gasteiger partial charge in [-0.2, -0.15) is 0 Å². The molecule has 1 aliphatic carbocycles. The minimum Gasteiger partial charge on any atom is -0.458 e. The van der Waals surface area contributed by atoms with Gasteiger partial charge in [-0.3, -0.25) is 0 Å². The lowest BCUT2D eigenvalue weighted by molar-refractivity contribution is -0.140. The molecule has 0 spiro atoms. The molecule has 18 heavy (non-hydrogen) atoms. The molecule has 1 aliphatic heterocycles. The van der Waals surface area contributed by atoms with Gasteiger partial charge in [-0.05, 0) is 38.5 Å². The van der Waals surface area contributed by atoms with Crippen molar-refractivity contribution in [2.75, 3.05) is 0 Å². The van der Waals surface area contributed by atoms with Crippen LogP contribution in [0.3, 0.4) is 0 Å². The molecule has 0 saturated carbocycles. The third-order valence-electron chi connectivity index (χ3n) is 4.24. The Labute approximate surface area is 109 Å². The van der Waals surface area contributed by atoms with E-state index in [4.69, 9.17) is 4.74 Å². The molecule has 3 nitrogen and oxygen atoms in total.